The van der Waals surface area contributed by atoms with Gasteiger partial charge in [-0.05, 0) is 6.07 Å². The van der Waals surface area contributed by atoms with Crippen LogP contribution in [0.3, 0.4) is 0 Å². The monoisotopic (exact) mass is 341 g/mol. The van der Waals surface area contributed by atoms with Crippen molar-refractivity contribution in [1.82, 2.24) is 4.98 Å². The van der Waals surface area contributed by atoms with E-state index in [2.05, 4.69) is 9.27 Å². The van der Waals surface area contributed by atoms with Crippen molar-refractivity contribution in [2.45, 2.75) is 4.33 Å². The predicted octanol–water partition coefficient (Wildman–Crippen LogP) is 4.37. The molecule has 0 aromatic carbocycles. The Hall–Kier alpha value is 0.360. The molecule has 0 unspecified atom stereocenters. The van der Waals surface area contributed by atoms with Crippen LogP contribution >= 0.6 is 69.9 Å². The van der Waals surface area contributed by atoms with E-state index in [0.29, 0.717) is 0 Å². The maximum atomic E-state index is 11.2. The van der Waals surface area contributed by atoms with Crippen LogP contribution in [0.1, 0.15) is 5.69 Å². The molecule has 3 nitrogen and oxygen atoms in total. The second-order valence-electron chi connectivity index (χ2n) is 2.53. The van der Waals surface area contributed by atoms with Gasteiger partial charge in [0.2, 0.25) is 0 Å². The van der Waals surface area contributed by atoms with E-state index in [1.165, 1.54) is 6.07 Å². The van der Waals surface area contributed by atoms with Crippen molar-refractivity contribution in [2.75, 3.05) is 0 Å². The summed E-state index contributed by atoms with van der Waals surface area (Å²) in [6, 6.07) is 1.24. The smallest absolute Gasteiger partial charge is 0.344 e. The number of pyridine rings is 1. The first kappa shape index (κ1) is 14.4. The summed E-state index contributed by atoms with van der Waals surface area (Å²) in [6.45, 7) is 0. The summed E-state index contributed by atoms with van der Waals surface area (Å²) in [5, 5.41) is -0.0469. The minimum Gasteiger partial charge on any atom is -0.344 e. The van der Waals surface area contributed by atoms with Crippen LogP contribution in [-0.4, -0.2) is 11.0 Å². The summed E-state index contributed by atoms with van der Waals surface area (Å²) in [5.41, 5.74) is -0.211. The topological polar surface area (TPSA) is 39.2 Å². The molecule has 1 rings (SSSR count). The van der Waals surface area contributed by atoms with Crippen molar-refractivity contribution in [3.8, 4) is 0 Å². The van der Waals surface area contributed by atoms with E-state index in [0.717, 1.165) is 0 Å². The lowest BCUT2D eigenvalue weighted by molar-refractivity contribution is -0.135. The highest BCUT2D eigenvalue weighted by Gasteiger charge is 2.42. The van der Waals surface area contributed by atoms with Gasteiger partial charge in [0.1, 0.15) is 22.7 Å². The van der Waals surface area contributed by atoms with Crippen LogP contribution in [0.4, 0.5) is 0 Å². The Balaban J connectivity index is 3.33. The number of carbonyl (C=O) groups is 1. The molecule has 0 saturated carbocycles. The van der Waals surface area contributed by atoms with Crippen LogP contribution in [-0.2, 0) is 13.4 Å². The Morgan fingerprint density at radius 2 is 1.81 bits per heavy atom. The van der Waals surface area contributed by atoms with E-state index in [9.17, 15) is 4.79 Å². The average molecular weight is 344 g/mol. The fourth-order valence-electron chi connectivity index (χ4n) is 0.809. The van der Waals surface area contributed by atoms with Crippen molar-refractivity contribution in [1.29, 1.82) is 0 Å². The third kappa shape index (κ3) is 2.78. The van der Waals surface area contributed by atoms with Gasteiger partial charge in [-0.1, -0.05) is 58.0 Å². The molecular weight excluding hydrogens is 343 g/mol. The highest BCUT2D eigenvalue weighted by Crippen LogP contribution is 2.40. The molecule has 0 fully saturated rings. The molecule has 0 amide bonds. The number of hydrogen-bond acceptors (Lipinski definition) is 3. The molecule has 1 aromatic heterocycles. The molecule has 9 heteroatoms. The molecule has 0 aliphatic heterocycles. The van der Waals surface area contributed by atoms with Crippen LogP contribution < -0.4 is 0 Å². The molecule has 0 aliphatic carbocycles. The highest BCUT2D eigenvalue weighted by atomic mass is 35.5. The Morgan fingerprint density at radius 1 is 1.25 bits per heavy atom. The Kier molecular flexibility index (Phi) is 4.81. The number of rotatable bonds is 2. The minimum absolute atomic E-state index is 0.0403. The third-order valence-electron chi connectivity index (χ3n) is 1.51. The molecule has 1 aromatic rings. The number of carbonyl (C=O) groups excluding carboxylic acids is 1. The van der Waals surface area contributed by atoms with Gasteiger partial charge in [0, 0.05) is 0 Å². The first-order chi connectivity index (χ1) is 7.30. The van der Waals surface area contributed by atoms with Crippen LogP contribution in [0.25, 0.3) is 0 Å². The quantitative estimate of drug-likeness (QED) is 0.591. The average Bonchev–Trinajstić information content (AvgIpc) is 2.21. The summed E-state index contributed by atoms with van der Waals surface area (Å²) in [7, 11) is 0. The molecule has 0 saturated heterocycles. The molecule has 0 atom stereocenters. The van der Waals surface area contributed by atoms with E-state index in [1.54, 1.807) is 0 Å². The standard InChI is InChI=1S/C7HCl6NO2/c8-2-1-3(9)5(10)14-4(2)7(11,12)6(15)16-13/h1H. The van der Waals surface area contributed by atoms with Crippen molar-refractivity contribution < 1.29 is 9.08 Å². The summed E-state index contributed by atoms with van der Waals surface area (Å²) >= 11 is 33.3. The molecule has 0 bridgehead atoms. The highest BCUT2D eigenvalue weighted by molar-refractivity contribution is 6.58. The van der Waals surface area contributed by atoms with E-state index in [4.69, 9.17) is 69.9 Å². The first-order valence-electron chi connectivity index (χ1n) is 3.53. The van der Waals surface area contributed by atoms with Gasteiger partial charge in [0.25, 0.3) is 4.33 Å². The lowest BCUT2D eigenvalue weighted by Gasteiger charge is -2.16. The van der Waals surface area contributed by atoms with Crippen LogP contribution in [0, 0.1) is 0 Å². The number of aromatic nitrogens is 1. The van der Waals surface area contributed by atoms with Gasteiger partial charge in [-0.25, -0.2) is 9.78 Å². The number of halogens is 6. The van der Waals surface area contributed by atoms with E-state index >= 15 is 0 Å². The molecule has 0 radical (unpaired) electrons. The second-order valence-corrected chi connectivity index (χ2v) is 5.18. The summed E-state index contributed by atoms with van der Waals surface area (Å²) in [6.07, 6.45) is 0. The number of alkyl halides is 2. The van der Waals surface area contributed by atoms with Crippen molar-refractivity contribution >= 4 is 75.8 Å². The molecular formula is C7HCl6NO2. The van der Waals surface area contributed by atoms with Gasteiger partial charge in [-0.15, -0.1) is 0 Å². The summed E-state index contributed by atoms with van der Waals surface area (Å²) in [4.78, 5) is 14.9. The molecule has 16 heavy (non-hydrogen) atoms. The lowest BCUT2D eigenvalue weighted by atomic mass is 10.2. The zero-order chi connectivity index (χ0) is 12.5. The summed E-state index contributed by atoms with van der Waals surface area (Å²) in [5.74, 6) is -1.15. The van der Waals surface area contributed by atoms with Gasteiger partial charge in [-0.3, -0.25) is 0 Å². The van der Waals surface area contributed by atoms with Gasteiger partial charge >= 0.3 is 5.97 Å². The Labute approximate surface area is 121 Å². The Bertz CT molecular complexity index is 435. The molecule has 1 heterocycles. The fourth-order valence-corrected chi connectivity index (χ4v) is 2.11. The molecule has 88 valence electrons. The molecule has 0 N–H and O–H groups in total. The maximum Gasteiger partial charge on any atom is 0.367 e. The number of hydrogen-bond donors (Lipinski definition) is 0. The Morgan fingerprint density at radius 3 is 2.31 bits per heavy atom. The molecule has 0 aliphatic rings. The van der Waals surface area contributed by atoms with Gasteiger partial charge in [0.15, 0.2) is 0 Å². The fraction of sp³-hybridized carbons (Fsp3) is 0.143. The van der Waals surface area contributed by atoms with Crippen LogP contribution in [0.5, 0.6) is 0 Å². The van der Waals surface area contributed by atoms with Gasteiger partial charge in [0.05, 0.1) is 10.0 Å². The third-order valence-corrected chi connectivity index (χ3v) is 3.28. The van der Waals surface area contributed by atoms with E-state index in [1.807, 2.05) is 0 Å². The van der Waals surface area contributed by atoms with Crippen molar-refractivity contribution in [3.05, 3.63) is 27.0 Å². The number of nitrogens with zero attached hydrogens (tertiary/aromatic N) is 1. The second kappa shape index (κ2) is 5.34. The lowest BCUT2D eigenvalue weighted by Crippen LogP contribution is -2.25. The largest absolute Gasteiger partial charge is 0.367 e. The maximum absolute atomic E-state index is 11.2. The SMILES string of the molecule is O=C(OCl)C(Cl)(Cl)c1nc(Cl)c(Cl)cc1Cl. The van der Waals surface area contributed by atoms with Crippen molar-refractivity contribution in [2.24, 2.45) is 0 Å². The normalized spacial score (nSPS) is 11.4. The van der Waals surface area contributed by atoms with E-state index in [-0.39, 0.29) is 20.9 Å². The summed E-state index contributed by atoms with van der Waals surface area (Å²) < 4.78 is 1.73. The van der Waals surface area contributed by atoms with Crippen molar-refractivity contribution in [3.63, 3.8) is 0 Å². The zero-order valence-corrected chi connectivity index (χ0v) is 11.6. The zero-order valence-electron chi connectivity index (χ0n) is 7.11. The van der Waals surface area contributed by atoms with E-state index < -0.39 is 10.3 Å². The van der Waals surface area contributed by atoms with Crippen LogP contribution in [0.2, 0.25) is 15.2 Å². The van der Waals surface area contributed by atoms with Crippen LogP contribution in [0.15, 0.2) is 6.07 Å². The van der Waals surface area contributed by atoms with Gasteiger partial charge in [-0.2, -0.15) is 0 Å². The van der Waals surface area contributed by atoms with Gasteiger partial charge < -0.3 is 4.29 Å². The molecule has 0 spiro atoms. The predicted molar refractivity (Wildman–Crippen MR) is 64.6 cm³/mol. The minimum atomic E-state index is -2.16. The first-order valence-corrected chi connectivity index (χ1v) is 5.73.